The number of para-hydroxylation sites is 1. The van der Waals surface area contributed by atoms with Crippen molar-refractivity contribution in [1.29, 1.82) is 0 Å². The first-order valence-electron chi connectivity index (χ1n) is 6.78. The van der Waals surface area contributed by atoms with Gasteiger partial charge in [0.15, 0.2) is 0 Å². The lowest BCUT2D eigenvalue weighted by atomic mass is 9.99. The van der Waals surface area contributed by atoms with Crippen molar-refractivity contribution in [3.8, 4) is 0 Å². The molecule has 21 heavy (non-hydrogen) atoms. The molecule has 0 radical (unpaired) electrons. The molecule has 106 valence electrons. The van der Waals surface area contributed by atoms with Crippen molar-refractivity contribution < 1.29 is 5.11 Å². The largest absolute Gasteiger partial charge is 0.388 e. The molecule has 0 spiro atoms. The van der Waals surface area contributed by atoms with Gasteiger partial charge in [-0.15, -0.1) is 0 Å². The number of benzene rings is 2. The summed E-state index contributed by atoms with van der Waals surface area (Å²) in [4.78, 5) is 8.59. The number of hydrogen-bond acceptors (Lipinski definition) is 3. The number of halogens is 1. The molecular formula is C17H15ClN2O. The smallest absolute Gasteiger partial charge is 0.0944 e. The molecule has 0 bridgehead atoms. The number of aromatic nitrogens is 2. The van der Waals surface area contributed by atoms with Gasteiger partial charge in [0.2, 0.25) is 0 Å². The van der Waals surface area contributed by atoms with Crippen LogP contribution in [0, 0.1) is 6.92 Å². The third kappa shape index (κ3) is 2.89. The first-order valence-corrected chi connectivity index (χ1v) is 7.15. The number of aryl methyl sites for hydroxylation is 1. The van der Waals surface area contributed by atoms with Crippen LogP contribution in [0.3, 0.4) is 0 Å². The van der Waals surface area contributed by atoms with Crippen LogP contribution in [0.25, 0.3) is 11.0 Å². The molecule has 0 aliphatic carbocycles. The van der Waals surface area contributed by atoms with Crippen LogP contribution in [0.5, 0.6) is 0 Å². The van der Waals surface area contributed by atoms with Crippen LogP contribution in [-0.2, 0) is 6.42 Å². The number of rotatable bonds is 3. The zero-order valence-electron chi connectivity index (χ0n) is 11.6. The number of fused-ring (bicyclic) bond motifs is 1. The van der Waals surface area contributed by atoms with Gasteiger partial charge in [-0.05, 0) is 30.2 Å². The normalized spacial score (nSPS) is 12.5. The van der Waals surface area contributed by atoms with Crippen molar-refractivity contribution >= 4 is 22.6 Å². The van der Waals surface area contributed by atoms with Gasteiger partial charge in [0.25, 0.3) is 0 Å². The van der Waals surface area contributed by atoms with E-state index in [4.69, 9.17) is 11.6 Å². The zero-order valence-corrected chi connectivity index (χ0v) is 12.4. The van der Waals surface area contributed by atoms with E-state index in [9.17, 15) is 5.11 Å². The van der Waals surface area contributed by atoms with Crippen LogP contribution in [0.4, 0.5) is 0 Å². The van der Waals surface area contributed by atoms with Crippen LogP contribution in [0.2, 0.25) is 5.02 Å². The lowest BCUT2D eigenvalue weighted by Crippen LogP contribution is -2.04. The molecule has 4 heteroatoms. The maximum atomic E-state index is 10.5. The highest BCUT2D eigenvalue weighted by Crippen LogP contribution is 2.27. The van der Waals surface area contributed by atoms with Crippen LogP contribution >= 0.6 is 11.6 Å². The van der Waals surface area contributed by atoms with Crippen molar-refractivity contribution in [2.75, 3.05) is 0 Å². The average Bonchev–Trinajstić information content (AvgIpc) is 2.49. The molecule has 1 unspecified atom stereocenters. The van der Waals surface area contributed by atoms with Gasteiger partial charge in [-0.2, -0.15) is 0 Å². The molecule has 2 aromatic carbocycles. The summed E-state index contributed by atoms with van der Waals surface area (Å²) in [6.07, 6.45) is 3.08. The van der Waals surface area contributed by atoms with Gasteiger partial charge >= 0.3 is 0 Å². The Hall–Kier alpha value is -1.97. The minimum atomic E-state index is -0.661. The Morgan fingerprint density at radius 2 is 1.95 bits per heavy atom. The van der Waals surface area contributed by atoms with E-state index in [1.807, 2.05) is 43.3 Å². The van der Waals surface area contributed by atoms with Crippen LogP contribution in [0.1, 0.15) is 22.8 Å². The van der Waals surface area contributed by atoms with E-state index in [2.05, 4.69) is 9.97 Å². The SMILES string of the molecule is Cc1ccc(CC(O)c2cccc3nccnc23)c(Cl)c1. The summed E-state index contributed by atoms with van der Waals surface area (Å²) in [5, 5.41) is 11.2. The third-order valence-electron chi connectivity index (χ3n) is 3.51. The molecule has 1 heterocycles. The fraction of sp³-hybridized carbons (Fsp3) is 0.176. The zero-order chi connectivity index (χ0) is 14.8. The van der Waals surface area contributed by atoms with Crippen molar-refractivity contribution in [2.24, 2.45) is 0 Å². The van der Waals surface area contributed by atoms with E-state index >= 15 is 0 Å². The molecule has 1 atom stereocenters. The Balaban J connectivity index is 1.95. The Bertz CT molecular complexity index is 783. The highest BCUT2D eigenvalue weighted by Gasteiger charge is 2.14. The maximum Gasteiger partial charge on any atom is 0.0944 e. The van der Waals surface area contributed by atoms with Crippen molar-refractivity contribution in [1.82, 2.24) is 9.97 Å². The highest BCUT2D eigenvalue weighted by molar-refractivity contribution is 6.31. The fourth-order valence-electron chi connectivity index (χ4n) is 2.42. The van der Waals surface area contributed by atoms with Gasteiger partial charge in [-0.3, -0.25) is 9.97 Å². The molecule has 0 saturated heterocycles. The maximum absolute atomic E-state index is 10.5. The predicted octanol–water partition coefficient (Wildman–Crippen LogP) is 3.87. The first-order chi connectivity index (χ1) is 10.1. The Morgan fingerprint density at radius 1 is 1.14 bits per heavy atom. The van der Waals surface area contributed by atoms with E-state index in [-0.39, 0.29) is 0 Å². The summed E-state index contributed by atoms with van der Waals surface area (Å²) in [6, 6.07) is 11.5. The topological polar surface area (TPSA) is 46.0 Å². The van der Waals surface area contributed by atoms with Crippen molar-refractivity contribution in [3.05, 3.63) is 70.5 Å². The molecule has 1 aromatic heterocycles. The van der Waals surface area contributed by atoms with Gasteiger partial charge in [0.05, 0.1) is 17.1 Å². The summed E-state index contributed by atoms with van der Waals surface area (Å²) >= 11 is 6.24. The molecule has 3 nitrogen and oxygen atoms in total. The molecule has 0 saturated carbocycles. The highest BCUT2D eigenvalue weighted by atomic mass is 35.5. The van der Waals surface area contributed by atoms with E-state index in [1.165, 1.54) is 0 Å². The Morgan fingerprint density at radius 3 is 2.76 bits per heavy atom. The van der Waals surface area contributed by atoms with Gasteiger partial charge in [0.1, 0.15) is 0 Å². The summed E-state index contributed by atoms with van der Waals surface area (Å²) in [7, 11) is 0. The minimum absolute atomic E-state index is 0.453. The summed E-state index contributed by atoms with van der Waals surface area (Å²) in [5.74, 6) is 0. The second-order valence-electron chi connectivity index (χ2n) is 5.09. The summed E-state index contributed by atoms with van der Waals surface area (Å²) in [6.45, 7) is 1.99. The standard InChI is InChI=1S/C17H15ClN2O/c1-11-5-6-12(14(18)9-11)10-16(21)13-3-2-4-15-17(13)20-8-7-19-15/h2-9,16,21H,10H2,1H3. The van der Waals surface area contributed by atoms with Crippen molar-refractivity contribution in [3.63, 3.8) is 0 Å². The monoisotopic (exact) mass is 298 g/mol. The quantitative estimate of drug-likeness (QED) is 0.798. The lowest BCUT2D eigenvalue weighted by molar-refractivity contribution is 0.180. The summed E-state index contributed by atoms with van der Waals surface area (Å²) in [5.41, 5.74) is 4.32. The van der Waals surface area contributed by atoms with Crippen LogP contribution in [-0.4, -0.2) is 15.1 Å². The number of nitrogens with zero attached hydrogens (tertiary/aromatic N) is 2. The Labute approximate surface area is 128 Å². The number of hydrogen-bond donors (Lipinski definition) is 1. The van der Waals surface area contributed by atoms with Crippen LogP contribution < -0.4 is 0 Å². The van der Waals surface area contributed by atoms with Gasteiger partial charge in [-0.25, -0.2) is 0 Å². The first kappa shape index (κ1) is 14.0. The minimum Gasteiger partial charge on any atom is -0.388 e. The van der Waals surface area contributed by atoms with Gasteiger partial charge in [-0.1, -0.05) is 35.9 Å². The predicted molar refractivity (Wildman–Crippen MR) is 84.4 cm³/mol. The van der Waals surface area contributed by atoms with Crippen molar-refractivity contribution in [2.45, 2.75) is 19.4 Å². The molecule has 3 rings (SSSR count). The molecule has 0 aliphatic heterocycles. The summed E-state index contributed by atoms with van der Waals surface area (Å²) < 4.78 is 0. The van der Waals surface area contributed by atoms with E-state index in [0.29, 0.717) is 11.4 Å². The van der Waals surface area contributed by atoms with Gasteiger partial charge in [0, 0.05) is 29.4 Å². The lowest BCUT2D eigenvalue weighted by Gasteiger charge is -2.14. The molecule has 0 aliphatic rings. The molecule has 0 fully saturated rings. The van der Waals surface area contributed by atoms with Gasteiger partial charge < -0.3 is 5.11 Å². The third-order valence-corrected chi connectivity index (χ3v) is 3.86. The van der Waals surface area contributed by atoms with E-state index in [1.54, 1.807) is 12.4 Å². The van der Waals surface area contributed by atoms with E-state index < -0.39 is 6.10 Å². The molecule has 3 aromatic rings. The van der Waals surface area contributed by atoms with Crippen LogP contribution in [0.15, 0.2) is 48.8 Å². The number of aliphatic hydroxyl groups is 1. The molecule has 1 N–H and O–H groups in total. The Kier molecular flexibility index (Phi) is 3.86. The second-order valence-corrected chi connectivity index (χ2v) is 5.49. The molecular weight excluding hydrogens is 284 g/mol. The fourth-order valence-corrected chi connectivity index (χ4v) is 2.73. The second kappa shape index (κ2) is 5.80. The average molecular weight is 299 g/mol. The molecule has 0 amide bonds. The van der Waals surface area contributed by atoms with E-state index in [0.717, 1.165) is 27.7 Å². The number of aliphatic hydroxyl groups excluding tert-OH is 1.